The van der Waals surface area contributed by atoms with E-state index < -0.39 is 0 Å². The Morgan fingerprint density at radius 2 is 1.95 bits per heavy atom. The van der Waals surface area contributed by atoms with Gasteiger partial charge >= 0.3 is 0 Å². The average molecular weight is 297 g/mol. The van der Waals surface area contributed by atoms with Gasteiger partial charge in [-0.15, -0.1) is 0 Å². The molecule has 0 aromatic carbocycles. The van der Waals surface area contributed by atoms with E-state index in [4.69, 9.17) is 5.73 Å². The predicted molar refractivity (Wildman–Crippen MR) is 89.1 cm³/mol. The Morgan fingerprint density at radius 1 is 1.33 bits per heavy atom. The van der Waals surface area contributed by atoms with Crippen molar-refractivity contribution in [3.63, 3.8) is 0 Å². The monoisotopic (exact) mass is 297 g/mol. The second-order valence-corrected chi connectivity index (χ2v) is 7.12. The van der Waals surface area contributed by atoms with E-state index in [2.05, 4.69) is 32.7 Å². The van der Waals surface area contributed by atoms with Crippen LogP contribution in [0.3, 0.4) is 0 Å². The van der Waals surface area contributed by atoms with Crippen LogP contribution in [0.2, 0.25) is 0 Å². The van der Waals surface area contributed by atoms with Gasteiger partial charge in [0.1, 0.15) is 0 Å². The fourth-order valence-corrected chi connectivity index (χ4v) is 3.14. The number of unbranched alkanes of at least 4 members (excludes halogenated alkanes) is 1. The lowest BCUT2D eigenvalue weighted by Gasteiger charge is -2.35. The van der Waals surface area contributed by atoms with Gasteiger partial charge in [-0.1, -0.05) is 27.2 Å². The first kappa shape index (κ1) is 18.4. The molecule has 0 aliphatic carbocycles. The molecule has 2 N–H and O–H groups in total. The number of amides is 1. The molecular weight excluding hydrogens is 262 g/mol. The second kappa shape index (κ2) is 9.42. The zero-order valence-electron chi connectivity index (χ0n) is 14.5. The van der Waals surface area contributed by atoms with Crippen molar-refractivity contribution in [1.82, 2.24) is 9.80 Å². The van der Waals surface area contributed by atoms with Gasteiger partial charge in [0, 0.05) is 19.6 Å². The van der Waals surface area contributed by atoms with Crippen molar-refractivity contribution in [2.24, 2.45) is 17.6 Å². The number of carbonyl (C=O) groups is 1. The molecule has 0 spiro atoms. The van der Waals surface area contributed by atoms with Gasteiger partial charge < -0.3 is 15.5 Å². The zero-order valence-corrected chi connectivity index (χ0v) is 14.5. The van der Waals surface area contributed by atoms with Gasteiger partial charge in [-0.3, -0.25) is 4.79 Å². The van der Waals surface area contributed by atoms with Crippen LogP contribution >= 0.6 is 0 Å². The van der Waals surface area contributed by atoms with Gasteiger partial charge in [-0.2, -0.15) is 0 Å². The van der Waals surface area contributed by atoms with E-state index >= 15 is 0 Å². The summed E-state index contributed by atoms with van der Waals surface area (Å²) >= 11 is 0. The van der Waals surface area contributed by atoms with Crippen LogP contribution in [0.25, 0.3) is 0 Å². The molecule has 1 heterocycles. The van der Waals surface area contributed by atoms with Crippen molar-refractivity contribution >= 4 is 5.91 Å². The minimum absolute atomic E-state index is 0.154. The second-order valence-electron chi connectivity index (χ2n) is 7.12. The molecule has 1 fully saturated rings. The largest absolute Gasteiger partial charge is 0.341 e. The lowest BCUT2D eigenvalue weighted by atomic mass is 9.95. The number of carbonyl (C=O) groups excluding carboxylic acids is 1. The first-order valence-electron chi connectivity index (χ1n) is 8.66. The SMILES string of the molecule is CCCCN(C)CC1CCN(C(=O)C(N)CC(C)C)CC1. The number of hydrogen-bond donors (Lipinski definition) is 1. The molecule has 1 rings (SSSR count). The van der Waals surface area contributed by atoms with Crippen LogP contribution in [0.5, 0.6) is 0 Å². The Balaban J connectivity index is 2.29. The topological polar surface area (TPSA) is 49.6 Å². The van der Waals surface area contributed by atoms with E-state index in [1.807, 2.05) is 4.90 Å². The summed E-state index contributed by atoms with van der Waals surface area (Å²) in [5, 5.41) is 0. The first-order valence-corrected chi connectivity index (χ1v) is 8.66. The summed E-state index contributed by atoms with van der Waals surface area (Å²) in [7, 11) is 2.21. The zero-order chi connectivity index (χ0) is 15.8. The highest BCUT2D eigenvalue weighted by Gasteiger charge is 2.26. The Hall–Kier alpha value is -0.610. The van der Waals surface area contributed by atoms with E-state index in [1.54, 1.807) is 0 Å². The van der Waals surface area contributed by atoms with Crippen molar-refractivity contribution in [2.45, 2.75) is 58.9 Å². The minimum Gasteiger partial charge on any atom is -0.341 e. The van der Waals surface area contributed by atoms with Gasteiger partial charge in [0.15, 0.2) is 0 Å². The molecule has 0 saturated carbocycles. The molecule has 1 aliphatic heterocycles. The van der Waals surface area contributed by atoms with E-state index in [9.17, 15) is 4.79 Å². The molecule has 4 nitrogen and oxygen atoms in total. The molecule has 1 unspecified atom stereocenters. The Labute approximate surface area is 131 Å². The summed E-state index contributed by atoms with van der Waals surface area (Å²) in [4.78, 5) is 16.7. The lowest BCUT2D eigenvalue weighted by Crippen LogP contribution is -2.48. The smallest absolute Gasteiger partial charge is 0.239 e. The summed E-state index contributed by atoms with van der Waals surface area (Å²) < 4.78 is 0. The maximum Gasteiger partial charge on any atom is 0.239 e. The highest BCUT2D eigenvalue weighted by atomic mass is 16.2. The number of hydrogen-bond acceptors (Lipinski definition) is 3. The van der Waals surface area contributed by atoms with E-state index in [0.717, 1.165) is 38.3 Å². The van der Waals surface area contributed by atoms with Crippen molar-refractivity contribution in [1.29, 1.82) is 0 Å². The van der Waals surface area contributed by atoms with E-state index in [0.29, 0.717) is 5.92 Å². The maximum absolute atomic E-state index is 12.3. The highest BCUT2D eigenvalue weighted by molar-refractivity contribution is 5.81. The van der Waals surface area contributed by atoms with Crippen molar-refractivity contribution in [3.05, 3.63) is 0 Å². The van der Waals surface area contributed by atoms with Crippen LogP contribution in [0.15, 0.2) is 0 Å². The molecule has 0 radical (unpaired) electrons. The molecular formula is C17H35N3O. The third-order valence-electron chi connectivity index (χ3n) is 4.43. The average Bonchev–Trinajstić information content (AvgIpc) is 2.44. The molecule has 0 aromatic heterocycles. The van der Waals surface area contributed by atoms with Crippen molar-refractivity contribution in [2.75, 3.05) is 33.2 Å². The van der Waals surface area contributed by atoms with Gasteiger partial charge in [0.2, 0.25) is 5.91 Å². The van der Waals surface area contributed by atoms with Crippen LogP contribution in [-0.4, -0.2) is 55.0 Å². The van der Waals surface area contributed by atoms with Crippen molar-refractivity contribution < 1.29 is 4.79 Å². The van der Waals surface area contributed by atoms with Gasteiger partial charge in [-0.25, -0.2) is 0 Å². The summed E-state index contributed by atoms with van der Waals surface area (Å²) in [5.41, 5.74) is 6.02. The lowest BCUT2D eigenvalue weighted by molar-refractivity contribution is -0.134. The van der Waals surface area contributed by atoms with Gasteiger partial charge in [0.05, 0.1) is 6.04 Å². The molecule has 0 bridgehead atoms. The van der Waals surface area contributed by atoms with Crippen LogP contribution in [0.4, 0.5) is 0 Å². The van der Waals surface area contributed by atoms with E-state index in [1.165, 1.54) is 25.9 Å². The Kier molecular flexibility index (Phi) is 8.27. The Morgan fingerprint density at radius 3 is 2.48 bits per heavy atom. The van der Waals surface area contributed by atoms with Crippen LogP contribution < -0.4 is 5.73 Å². The van der Waals surface area contributed by atoms with Gasteiger partial charge in [-0.05, 0) is 51.1 Å². The summed E-state index contributed by atoms with van der Waals surface area (Å²) in [6.07, 6.45) is 5.56. The van der Waals surface area contributed by atoms with E-state index in [-0.39, 0.29) is 11.9 Å². The molecule has 1 atom stereocenters. The fourth-order valence-electron chi connectivity index (χ4n) is 3.14. The number of nitrogens with zero attached hydrogens (tertiary/aromatic N) is 2. The predicted octanol–water partition coefficient (Wildman–Crippen LogP) is 2.33. The van der Waals surface area contributed by atoms with Crippen LogP contribution in [0.1, 0.15) is 52.9 Å². The van der Waals surface area contributed by atoms with Crippen LogP contribution in [-0.2, 0) is 4.79 Å². The number of piperidine rings is 1. The Bertz CT molecular complexity index is 298. The van der Waals surface area contributed by atoms with Crippen LogP contribution in [0, 0.1) is 11.8 Å². The van der Waals surface area contributed by atoms with Gasteiger partial charge in [0.25, 0.3) is 0 Å². The molecule has 4 heteroatoms. The standard InChI is InChI=1S/C17H35N3O/c1-5-6-9-19(4)13-15-7-10-20(11-8-15)17(21)16(18)12-14(2)3/h14-16H,5-13,18H2,1-4H3. The summed E-state index contributed by atoms with van der Waals surface area (Å²) in [6.45, 7) is 10.6. The quantitative estimate of drug-likeness (QED) is 0.748. The third-order valence-corrected chi connectivity index (χ3v) is 4.43. The normalized spacial score (nSPS) is 18.5. The molecule has 0 aromatic rings. The molecule has 124 valence electrons. The molecule has 1 saturated heterocycles. The molecule has 1 aliphatic rings. The fraction of sp³-hybridized carbons (Fsp3) is 0.941. The summed E-state index contributed by atoms with van der Waals surface area (Å²) in [5.74, 6) is 1.37. The summed E-state index contributed by atoms with van der Waals surface area (Å²) in [6, 6.07) is -0.311. The number of likely N-dealkylation sites (tertiary alicyclic amines) is 1. The third kappa shape index (κ3) is 6.79. The molecule has 21 heavy (non-hydrogen) atoms. The number of rotatable bonds is 8. The van der Waals surface area contributed by atoms with Crippen molar-refractivity contribution in [3.8, 4) is 0 Å². The number of nitrogens with two attached hydrogens (primary N) is 1. The molecule has 1 amide bonds. The first-order chi connectivity index (χ1) is 9.93. The maximum atomic E-state index is 12.3. The highest BCUT2D eigenvalue weighted by Crippen LogP contribution is 2.19. The minimum atomic E-state index is -0.311.